The first-order chi connectivity index (χ1) is 9.63. The molecule has 1 aromatic heterocycles. The number of carbonyl (C=O) groups is 2. The van der Waals surface area contributed by atoms with Crippen LogP contribution in [0.1, 0.15) is 12.0 Å². The van der Waals surface area contributed by atoms with Crippen molar-refractivity contribution in [3.05, 3.63) is 42.5 Å². The number of aromatic nitrogens is 3. The molecule has 0 spiro atoms. The van der Waals surface area contributed by atoms with Crippen LogP contribution in [0.25, 0.3) is 0 Å². The second-order valence-corrected chi connectivity index (χ2v) is 4.24. The molecule has 1 aromatic carbocycles. The Morgan fingerprint density at radius 3 is 2.90 bits per heavy atom. The molecule has 0 saturated carbocycles. The van der Waals surface area contributed by atoms with Crippen molar-refractivity contribution in [3.8, 4) is 0 Å². The number of nitrogens with zero attached hydrogens (tertiary/aromatic N) is 3. The van der Waals surface area contributed by atoms with E-state index >= 15 is 0 Å². The van der Waals surface area contributed by atoms with Crippen molar-refractivity contribution in [1.82, 2.24) is 14.8 Å². The zero-order valence-corrected chi connectivity index (χ0v) is 10.7. The van der Waals surface area contributed by atoms with Crippen molar-refractivity contribution in [3.63, 3.8) is 0 Å². The van der Waals surface area contributed by atoms with E-state index in [1.807, 2.05) is 6.07 Å². The molecule has 2 aromatic rings. The molecule has 0 aliphatic heterocycles. The molecule has 0 saturated heterocycles. The van der Waals surface area contributed by atoms with Gasteiger partial charge in [0.1, 0.15) is 19.2 Å². The van der Waals surface area contributed by atoms with E-state index in [-0.39, 0.29) is 18.9 Å². The second-order valence-electron chi connectivity index (χ2n) is 4.24. The summed E-state index contributed by atoms with van der Waals surface area (Å²) in [5.41, 5.74) is 1.50. The fraction of sp³-hybridized carbons (Fsp3) is 0.231. The van der Waals surface area contributed by atoms with E-state index in [2.05, 4.69) is 15.4 Å². The molecular formula is C13H14N4O3. The minimum Gasteiger partial charge on any atom is -0.481 e. The monoisotopic (exact) mass is 274 g/mol. The Labute approximate surface area is 115 Å². The van der Waals surface area contributed by atoms with Gasteiger partial charge in [0.25, 0.3) is 0 Å². The highest BCUT2D eigenvalue weighted by Crippen LogP contribution is 2.12. The lowest BCUT2D eigenvalue weighted by Gasteiger charge is -2.07. The van der Waals surface area contributed by atoms with Gasteiger partial charge >= 0.3 is 5.97 Å². The maximum atomic E-state index is 11.8. The van der Waals surface area contributed by atoms with Crippen LogP contribution in [-0.2, 0) is 22.6 Å². The Morgan fingerprint density at radius 2 is 2.20 bits per heavy atom. The highest BCUT2D eigenvalue weighted by molar-refractivity contribution is 5.90. The third kappa shape index (κ3) is 4.20. The molecule has 0 unspecified atom stereocenters. The van der Waals surface area contributed by atoms with E-state index in [4.69, 9.17) is 5.11 Å². The summed E-state index contributed by atoms with van der Waals surface area (Å²) in [6, 6.07) is 7.13. The molecule has 0 atom stereocenters. The van der Waals surface area contributed by atoms with Gasteiger partial charge in [-0.3, -0.25) is 9.59 Å². The van der Waals surface area contributed by atoms with Gasteiger partial charge in [-0.2, -0.15) is 5.10 Å². The molecular weight excluding hydrogens is 260 g/mol. The molecule has 104 valence electrons. The third-order valence-corrected chi connectivity index (χ3v) is 2.61. The molecule has 7 nitrogen and oxygen atoms in total. The van der Waals surface area contributed by atoms with Gasteiger partial charge in [-0.25, -0.2) is 9.67 Å². The molecule has 0 aliphatic carbocycles. The minimum absolute atomic E-state index is 0.0658. The lowest BCUT2D eigenvalue weighted by molar-refractivity contribution is -0.137. The van der Waals surface area contributed by atoms with Gasteiger partial charge in [0, 0.05) is 12.1 Å². The predicted octanol–water partition coefficient (Wildman–Crippen LogP) is 0.934. The Balaban J connectivity index is 1.93. The number of carboxylic acids is 1. The van der Waals surface area contributed by atoms with Crippen LogP contribution in [0.15, 0.2) is 36.9 Å². The third-order valence-electron chi connectivity index (χ3n) is 2.61. The summed E-state index contributed by atoms with van der Waals surface area (Å²) in [5, 5.41) is 15.2. The fourth-order valence-electron chi connectivity index (χ4n) is 1.72. The van der Waals surface area contributed by atoms with E-state index in [9.17, 15) is 9.59 Å². The van der Waals surface area contributed by atoms with Crippen molar-refractivity contribution >= 4 is 17.6 Å². The molecule has 1 heterocycles. The van der Waals surface area contributed by atoms with Gasteiger partial charge in [0.2, 0.25) is 5.91 Å². The average molecular weight is 274 g/mol. The largest absolute Gasteiger partial charge is 0.481 e. The number of carbonyl (C=O) groups excluding carboxylic acids is 1. The number of carboxylic acid groups (broad SMARTS) is 1. The lowest BCUT2D eigenvalue weighted by atomic mass is 10.1. The van der Waals surface area contributed by atoms with Gasteiger partial charge in [-0.15, -0.1) is 0 Å². The zero-order valence-electron chi connectivity index (χ0n) is 10.7. The Kier molecular flexibility index (Phi) is 4.43. The van der Waals surface area contributed by atoms with Crippen molar-refractivity contribution in [2.24, 2.45) is 0 Å². The van der Waals surface area contributed by atoms with Crippen LogP contribution in [0, 0.1) is 0 Å². The van der Waals surface area contributed by atoms with Crippen molar-refractivity contribution < 1.29 is 14.7 Å². The number of aryl methyl sites for hydroxylation is 1. The smallest absolute Gasteiger partial charge is 0.303 e. The number of aliphatic carboxylic acids is 1. The summed E-state index contributed by atoms with van der Waals surface area (Å²) >= 11 is 0. The number of amides is 1. The maximum absolute atomic E-state index is 11.8. The number of nitrogens with one attached hydrogen (secondary N) is 1. The van der Waals surface area contributed by atoms with Crippen molar-refractivity contribution in [2.75, 3.05) is 5.32 Å². The average Bonchev–Trinajstić information content (AvgIpc) is 2.89. The number of benzene rings is 1. The van der Waals surface area contributed by atoms with Crippen molar-refractivity contribution in [1.29, 1.82) is 0 Å². The molecule has 0 radical (unpaired) electrons. The Hall–Kier alpha value is -2.70. The van der Waals surface area contributed by atoms with Crippen LogP contribution < -0.4 is 5.32 Å². The van der Waals surface area contributed by atoms with Crippen LogP contribution in [0.2, 0.25) is 0 Å². The molecule has 0 fully saturated rings. The summed E-state index contributed by atoms with van der Waals surface area (Å²) in [6.07, 6.45) is 3.32. The van der Waals surface area contributed by atoms with Crippen LogP contribution >= 0.6 is 0 Å². The van der Waals surface area contributed by atoms with Gasteiger partial charge in [0.05, 0.1) is 0 Å². The standard InChI is InChI=1S/C13H14N4O3/c18-12(7-17-9-14-8-15-17)16-11-3-1-2-10(6-11)4-5-13(19)20/h1-3,6,8-9H,4-5,7H2,(H,16,18)(H,19,20). The molecule has 7 heteroatoms. The van der Waals surface area contributed by atoms with E-state index in [1.165, 1.54) is 17.3 Å². The minimum atomic E-state index is -0.842. The van der Waals surface area contributed by atoms with E-state index in [0.29, 0.717) is 12.1 Å². The van der Waals surface area contributed by atoms with E-state index < -0.39 is 5.97 Å². The van der Waals surface area contributed by atoms with Crippen LogP contribution in [0.5, 0.6) is 0 Å². The first-order valence-electron chi connectivity index (χ1n) is 6.06. The highest BCUT2D eigenvalue weighted by atomic mass is 16.4. The van der Waals surface area contributed by atoms with Crippen LogP contribution in [0.4, 0.5) is 5.69 Å². The maximum Gasteiger partial charge on any atom is 0.303 e. The number of hydrogen-bond donors (Lipinski definition) is 2. The normalized spacial score (nSPS) is 10.2. The SMILES string of the molecule is O=C(O)CCc1cccc(NC(=O)Cn2cncn2)c1. The quantitative estimate of drug-likeness (QED) is 0.816. The number of anilines is 1. The van der Waals surface area contributed by atoms with Crippen LogP contribution in [-0.4, -0.2) is 31.7 Å². The first-order valence-corrected chi connectivity index (χ1v) is 6.06. The number of hydrogen-bond acceptors (Lipinski definition) is 4. The Bertz CT molecular complexity index is 595. The summed E-state index contributed by atoms with van der Waals surface area (Å²) < 4.78 is 1.42. The Morgan fingerprint density at radius 1 is 1.35 bits per heavy atom. The number of rotatable bonds is 6. The topological polar surface area (TPSA) is 97.1 Å². The first kappa shape index (κ1) is 13.7. The zero-order chi connectivity index (χ0) is 14.4. The van der Waals surface area contributed by atoms with Gasteiger partial charge < -0.3 is 10.4 Å². The molecule has 20 heavy (non-hydrogen) atoms. The van der Waals surface area contributed by atoms with Gasteiger partial charge in [-0.1, -0.05) is 12.1 Å². The molecule has 2 rings (SSSR count). The fourth-order valence-corrected chi connectivity index (χ4v) is 1.72. The van der Waals surface area contributed by atoms with Crippen LogP contribution in [0.3, 0.4) is 0 Å². The molecule has 0 aliphatic rings. The van der Waals surface area contributed by atoms with Crippen molar-refractivity contribution in [2.45, 2.75) is 19.4 Å². The molecule has 2 N–H and O–H groups in total. The summed E-state index contributed by atoms with van der Waals surface area (Å²) in [5.74, 6) is -1.06. The summed E-state index contributed by atoms with van der Waals surface area (Å²) in [4.78, 5) is 26.0. The lowest BCUT2D eigenvalue weighted by Crippen LogP contribution is -2.19. The predicted molar refractivity (Wildman–Crippen MR) is 71.1 cm³/mol. The van der Waals surface area contributed by atoms with Gasteiger partial charge in [-0.05, 0) is 24.1 Å². The van der Waals surface area contributed by atoms with E-state index in [1.54, 1.807) is 18.2 Å². The summed E-state index contributed by atoms with van der Waals surface area (Å²) in [7, 11) is 0. The van der Waals surface area contributed by atoms with Gasteiger partial charge in [0.15, 0.2) is 0 Å². The molecule has 1 amide bonds. The molecule has 0 bridgehead atoms. The summed E-state index contributed by atoms with van der Waals surface area (Å²) in [6.45, 7) is 0.0827. The second kappa shape index (κ2) is 6.46. The van der Waals surface area contributed by atoms with E-state index in [0.717, 1.165) is 5.56 Å². The highest BCUT2D eigenvalue weighted by Gasteiger charge is 2.05.